The maximum atomic E-state index is 12.2. The number of amides is 1. The molecule has 0 unspecified atom stereocenters. The zero-order valence-corrected chi connectivity index (χ0v) is 15.4. The predicted octanol–water partition coefficient (Wildman–Crippen LogP) is 1.27. The van der Waals surface area contributed by atoms with Gasteiger partial charge in [-0.3, -0.25) is 4.79 Å². The van der Waals surface area contributed by atoms with Crippen LogP contribution in [0.1, 0.15) is 10.5 Å². The summed E-state index contributed by atoms with van der Waals surface area (Å²) < 4.78 is 10.7. The lowest BCUT2D eigenvalue weighted by molar-refractivity contribution is 0.0942. The number of methoxy groups -OCH3 is 1. The second kappa shape index (κ2) is 10.2. The van der Waals surface area contributed by atoms with E-state index in [4.69, 9.17) is 9.47 Å². The van der Waals surface area contributed by atoms with Crippen molar-refractivity contribution in [3.63, 3.8) is 0 Å². The van der Waals surface area contributed by atoms with Gasteiger partial charge in [-0.15, -0.1) is 0 Å². The molecule has 0 spiro atoms. The van der Waals surface area contributed by atoms with Crippen molar-refractivity contribution in [2.24, 2.45) is 0 Å². The van der Waals surface area contributed by atoms with Crippen LogP contribution in [0.15, 0.2) is 36.7 Å². The molecule has 0 saturated carbocycles. The van der Waals surface area contributed by atoms with Gasteiger partial charge in [-0.25, -0.2) is 9.97 Å². The molecule has 0 saturated heterocycles. The molecule has 2 rings (SSSR count). The quantitative estimate of drug-likeness (QED) is 0.618. The van der Waals surface area contributed by atoms with Crippen molar-refractivity contribution in [3.05, 3.63) is 42.4 Å². The molecule has 1 aromatic carbocycles. The summed E-state index contributed by atoms with van der Waals surface area (Å²) in [6, 6.07) is 8.90. The molecule has 0 aliphatic heterocycles. The van der Waals surface area contributed by atoms with Crippen LogP contribution in [-0.2, 0) is 0 Å². The third kappa shape index (κ3) is 6.56. The Morgan fingerprint density at radius 3 is 2.54 bits per heavy atom. The fourth-order valence-corrected chi connectivity index (χ4v) is 2.08. The minimum atomic E-state index is -0.263. The van der Waals surface area contributed by atoms with Crippen LogP contribution in [0.5, 0.6) is 11.5 Å². The summed E-state index contributed by atoms with van der Waals surface area (Å²) in [6.07, 6.45) is 1.38. The molecule has 0 radical (unpaired) electrons. The standard InChI is InChI=1S/C18H25N5O3/c1-23(2)10-8-19-17-12-16(21-13-22-17)18(24)20-9-11-26-15-6-4-14(25-3)5-7-15/h4-7,12-13H,8-11H2,1-3H3,(H,20,24)(H,19,21,22). The third-order valence-corrected chi connectivity index (χ3v) is 3.48. The van der Waals surface area contributed by atoms with Crippen LogP contribution in [0, 0.1) is 0 Å². The van der Waals surface area contributed by atoms with Gasteiger partial charge < -0.3 is 25.0 Å². The molecule has 0 aliphatic carbocycles. The van der Waals surface area contributed by atoms with Gasteiger partial charge in [-0.1, -0.05) is 0 Å². The van der Waals surface area contributed by atoms with E-state index in [2.05, 4.69) is 25.5 Å². The molecule has 1 heterocycles. The van der Waals surface area contributed by atoms with Crippen LogP contribution >= 0.6 is 0 Å². The van der Waals surface area contributed by atoms with E-state index >= 15 is 0 Å². The van der Waals surface area contributed by atoms with E-state index in [9.17, 15) is 4.79 Å². The lowest BCUT2D eigenvalue weighted by Crippen LogP contribution is -2.29. The Morgan fingerprint density at radius 1 is 1.12 bits per heavy atom. The highest BCUT2D eigenvalue weighted by atomic mass is 16.5. The molecule has 2 N–H and O–H groups in total. The molecule has 0 bridgehead atoms. The van der Waals surface area contributed by atoms with Gasteiger partial charge in [0.15, 0.2) is 0 Å². The fraction of sp³-hybridized carbons (Fsp3) is 0.389. The normalized spacial score (nSPS) is 10.5. The molecule has 26 heavy (non-hydrogen) atoms. The number of carbonyl (C=O) groups is 1. The van der Waals surface area contributed by atoms with E-state index in [-0.39, 0.29) is 5.91 Å². The number of ether oxygens (including phenoxy) is 2. The summed E-state index contributed by atoms with van der Waals surface area (Å²) in [5.41, 5.74) is 0.316. The van der Waals surface area contributed by atoms with Crippen LogP contribution < -0.4 is 20.1 Å². The minimum Gasteiger partial charge on any atom is -0.497 e. The number of carbonyl (C=O) groups excluding carboxylic acids is 1. The Balaban J connectivity index is 1.74. The first kappa shape index (κ1) is 19.5. The molecule has 140 valence electrons. The second-order valence-electron chi connectivity index (χ2n) is 5.80. The lowest BCUT2D eigenvalue weighted by atomic mass is 10.3. The average molecular weight is 359 g/mol. The van der Waals surface area contributed by atoms with E-state index in [1.165, 1.54) is 6.33 Å². The first-order valence-electron chi connectivity index (χ1n) is 8.34. The SMILES string of the molecule is COc1ccc(OCCNC(=O)c2cc(NCCN(C)C)ncn2)cc1. The van der Waals surface area contributed by atoms with Gasteiger partial charge in [0, 0.05) is 19.2 Å². The lowest BCUT2D eigenvalue weighted by Gasteiger charge is -2.11. The van der Waals surface area contributed by atoms with Gasteiger partial charge in [-0.2, -0.15) is 0 Å². The molecule has 0 fully saturated rings. The van der Waals surface area contributed by atoms with Crippen molar-refractivity contribution in [1.29, 1.82) is 0 Å². The van der Waals surface area contributed by atoms with E-state index < -0.39 is 0 Å². The van der Waals surface area contributed by atoms with Gasteiger partial charge in [0.25, 0.3) is 5.91 Å². The topological polar surface area (TPSA) is 88.6 Å². The van der Waals surface area contributed by atoms with Gasteiger partial charge in [0.2, 0.25) is 0 Å². The smallest absolute Gasteiger partial charge is 0.270 e. The number of anilines is 1. The molecule has 0 aliphatic rings. The van der Waals surface area contributed by atoms with Crippen molar-refractivity contribution >= 4 is 11.7 Å². The first-order chi connectivity index (χ1) is 12.6. The molecular formula is C18H25N5O3. The minimum absolute atomic E-state index is 0.263. The molecule has 0 atom stereocenters. The van der Waals surface area contributed by atoms with Crippen LogP contribution in [0.2, 0.25) is 0 Å². The van der Waals surface area contributed by atoms with Crippen molar-refractivity contribution in [2.75, 3.05) is 52.8 Å². The highest BCUT2D eigenvalue weighted by Gasteiger charge is 2.08. The summed E-state index contributed by atoms with van der Waals surface area (Å²) in [5, 5.41) is 5.94. The average Bonchev–Trinajstić information content (AvgIpc) is 2.65. The van der Waals surface area contributed by atoms with Crippen LogP contribution in [-0.4, -0.2) is 68.2 Å². The predicted molar refractivity (Wildman–Crippen MR) is 99.9 cm³/mol. The first-order valence-corrected chi connectivity index (χ1v) is 8.34. The number of rotatable bonds is 10. The van der Waals surface area contributed by atoms with Crippen molar-refractivity contribution in [3.8, 4) is 11.5 Å². The zero-order valence-electron chi connectivity index (χ0n) is 15.4. The van der Waals surface area contributed by atoms with Crippen molar-refractivity contribution in [2.45, 2.75) is 0 Å². The fourth-order valence-electron chi connectivity index (χ4n) is 2.08. The van der Waals surface area contributed by atoms with Crippen LogP contribution in [0.4, 0.5) is 5.82 Å². The number of nitrogens with zero attached hydrogens (tertiary/aromatic N) is 3. The molecule has 1 amide bonds. The van der Waals surface area contributed by atoms with Crippen molar-refractivity contribution < 1.29 is 14.3 Å². The van der Waals surface area contributed by atoms with Gasteiger partial charge in [0.05, 0.1) is 13.7 Å². The van der Waals surface area contributed by atoms with Crippen LogP contribution in [0.25, 0.3) is 0 Å². The zero-order chi connectivity index (χ0) is 18.8. The Morgan fingerprint density at radius 2 is 1.85 bits per heavy atom. The third-order valence-electron chi connectivity index (χ3n) is 3.48. The summed E-state index contributed by atoms with van der Waals surface area (Å²) in [5.74, 6) is 1.85. The summed E-state index contributed by atoms with van der Waals surface area (Å²) in [7, 11) is 5.60. The maximum absolute atomic E-state index is 12.2. The summed E-state index contributed by atoms with van der Waals surface area (Å²) >= 11 is 0. The van der Waals surface area contributed by atoms with E-state index in [0.717, 1.165) is 24.6 Å². The number of hydrogen-bond donors (Lipinski definition) is 2. The van der Waals surface area contributed by atoms with E-state index in [1.807, 2.05) is 38.4 Å². The second-order valence-corrected chi connectivity index (χ2v) is 5.80. The van der Waals surface area contributed by atoms with Gasteiger partial charge >= 0.3 is 0 Å². The number of likely N-dealkylation sites (N-methyl/N-ethyl adjacent to an activating group) is 1. The van der Waals surface area contributed by atoms with E-state index in [0.29, 0.717) is 24.7 Å². The summed E-state index contributed by atoms with van der Waals surface area (Å²) in [4.78, 5) is 22.3. The monoisotopic (exact) mass is 359 g/mol. The largest absolute Gasteiger partial charge is 0.497 e. The van der Waals surface area contributed by atoms with E-state index in [1.54, 1.807) is 13.2 Å². The number of nitrogens with one attached hydrogen (secondary N) is 2. The summed E-state index contributed by atoms with van der Waals surface area (Å²) in [6.45, 7) is 2.34. The van der Waals surface area contributed by atoms with Crippen LogP contribution in [0.3, 0.4) is 0 Å². The Kier molecular flexibility index (Phi) is 7.63. The molecule has 8 nitrogen and oxygen atoms in total. The molecule has 8 heteroatoms. The van der Waals surface area contributed by atoms with Gasteiger partial charge in [-0.05, 0) is 38.4 Å². The van der Waals surface area contributed by atoms with Gasteiger partial charge in [0.1, 0.15) is 35.9 Å². The maximum Gasteiger partial charge on any atom is 0.270 e. The number of aromatic nitrogens is 2. The number of benzene rings is 1. The molecule has 1 aromatic heterocycles. The molecule has 2 aromatic rings. The highest BCUT2D eigenvalue weighted by molar-refractivity contribution is 5.92. The Hall–Kier alpha value is -2.87. The Labute approximate surface area is 153 Å². The number of hydrogen-bond acceptors (Lipinski definition) is 7. The Bertz CT molecular complexity index is 691. The van der Waals surface area contributed by atoms with Crippen molar-refractivity contribution in [1.82, 2.24) is 20.2 Å². The highest BCUT2D eigenvalue weighted by Crippen LogP contribution is 2.16. The molecular weight excluding hydrogens is 334 g/mol.